The summed E-state index contributed by atoms with van der Waals surface area (Å²) in [5.74, 6) is -0.429. The maximum Gasteiger partial charge on any atom is 0.165 e. The molecular formula is C12H12FN3O. The topological polar surface area (TPSA) is 60.9 Å². The van der Waals surface area contributed by atoms with Crippen molar-refractivity contribution in [2.75, 3.05) is 5.73 Å². The number of carbonyl (C=O) groups excluding carboxylic acids is 1. The molecule has 2 N–H and O–H groups in total. The predicted octanol–water partition coefficient (Wildman–Crippen LogP) is 2.10. The molecule has 0 aliphatic heterocycles. The van der Waals surface area contributed by atoms with Crippen molar-refractivity contribution in [3.8, 4) is 5.69 Å². The van der Waals surface area contributed by atoms with Gasteiger partial charge in [0.1, 0.15) is 11.5 Å². The molecule has 0 atom stereocenters. The minimum absolute atomic E-state index is 0.155. The lowest BCUT2D eigenvalue weighted by Gasteiger charge is -2.07. The van der Waals surface area contributed by atoms with E-state index >= 15 is 0 Å². The van der Waals surface area contributed by atoms with Crippen LogP contribution in [0.15, 0.2) is 24.4 Å². The van der Waals surface area contributed by atoms with Gasteiger partial charge in [-0.2, -0.15) is 5.10 Å². The fourth-order valence-electron chi connectivity index (χ4n) is 1.62. The number of hydrogen-bond donors (Lipinski definition) is 1. The van der Waals surface area contributed by atoms with Crippen molar-refractivity contribution in [1.82, 2.24) is 9.78 Å². The monoisotopic (exact) mass is 233 g/mol. The average molecular weight is 233 g/mol. The highest BCUT2D eigenvalue weighted by Gasteiger charge is 2.15. The van der Waals surface area contributed by atoms with E-state index in [-0.39, 0.29) is 17.3 Å². The highest BCUT2D eigenvalue weighted by molar-refractivity contribution is 5.98. The van der Waals surface area contributed by atoms with Crippen LogP contribution in [0, 0.1) is 12.7 Å². The Labute approximate surface area is 97.9 Å². The Morgan fingerprint density at radius 1 is 1.47 bits per heavy atom. The van der Waals surface area contributed by atoms with Gasteiger partial charge in [0.2, 0.25) is 0 Å². The van der Waals surface area contributed by atoms with E-state index < -0.39 is 5.82 Å². The number of nitrogens with two attached hydrogens (primary N) is 1. The third kappa shape index (κ3) is 1.80. The molecule has 0 aliphatic rings. The second-order valence-electron chi connectivity index (χ2n) is 3.82. The summed E-state index contributed by atoms with van der Waals surface area (Å²) in [6.07, 6.45) is 1.35. The molecule has 1 heterocycles. The second-order valence-corrected chi connectivity index (χ2v) is 3.82. The van der Waals surface area contributed by atoms with Crippen molar-refractivity contribution in [3.05, 3.63) is 41.3 Å². The summed E-state index contributed by atoms with van der Waals surface area (Å²) >= 11 is 0. The molecule has 1 aromatic carbocycles. The van der Waals surface area contributed by atoms with Crippen LogP contribution < -0.4 is 5.73 Å². The normalized spacial score (nSPS) is 10.5. The number of halogens is 1. The van der Waals surface area contributed by atoms with Gasteiger partial charge >= 0.3 is 0 Å². The zero-order chi connectivity index (χ0) is 12.6. The number of rotatable bonds is 2. The third-order valence-corrected chi connectivity index (χ3v) is 2.59. The van der Waals surface area contributed by atoms with Crippen LogP contribution in [0.5, 0.6) is 0 Å². The van der Waals surface area contributed by atoms with Crippen LogP contribution in [0.2, 0.25) is 0 Å². The summed E-state index contributed by atoms with van der Waals surface area (Å²) in [6, 6.07) is 4.93. The molecule has 0 fully saturated rings. The smallest absolute Gasteiger partial charge is 0.165 e. The first-order valence-electron chi connectivity index (χ1n) is 5.12. The molecule has 0 bridgehead atoms. The number of carbonyl (C=O) groups is 1. The fraction of sp³-hybridized carbons (Fsp3) is 0.167. The third-order valence-electron chi connectivity index (χ3n) is 2.59. The van der Waals surface area contributed by atoms with Gasteiger partial charge in [-0.05, 0) is 25.5 Å². The van der Waals surface area contributed by atoms with Crippen LogP contribution in [0.4, 0.5) is 10.2 Å². The first-order chi connectivity index (χ1) is 8.02. The molecule has 0 saturated heterocycles. The lowest BCUT2D eigenvalue weighted by atomic mass is 10.2. The number of aromatic nitrogens is 2. The van der Waals surface area contributed by atoms with Gasteiger partial charge in [-0.3, -0.25) is 4.79 Å². The summed E-state index contributed by atoms with van der Waals surface area (Å²) in [4.78, 5) is 11.2. The first kappa shape index (κ1) is 11.3. The standard InChI is InChI=1S/C12H12FN3O/c1-7-4-3-5-10(11(7)13)16-12(14)9(6-15-16)8(2)17/h3-6H,14H2,1-2H3. The van der Waals surface area contributed by atoms with Gasteiger partial charge < -0.3 is 5.73 Å². The summed E-state index contributed by atoms with van der Waals surface area (Å²) in [6.45, 7) is 3.05. The highest BCUT2D eigenvalue weighted by Crippen LogP contribution is 2.21. The largest absolute Gasteiger partial charge is 0.383 e. The van der Waals surface area contributed by atoms with Crippen LogP contribution >= 0.6 is 0 Å². The molecule has 1 aromatic heterocycles. The number of ketones is 1. The molecular weight excluding hydrogens is 221 g/mol. The van der Waals surface area contributed by atoms with E-state index in [4.69, 9.17) is 5.73 Å². The van der Waals surface area contributed by atoms with E-state index in [1.165, 1.54) is 17.8 Å². The van der Waals surface area contributed by atoms with E-state index in [0.29, 0.717) is 11.1 Å². The molecule has 0 unspecified atom stereocenters. The van der Waals surface area contributed by atoms with E-state index in [2.05, 4.69) is 5.10 Å². The minimum atomic E-state index is -0.391. The van der Waals surface area contributed by atoms with Gasteiger partial charge in [-0.15, -0.1) is 0 Å². The molecule has 0 aliphatic carbocycles. The Morgan fingerprint density at radius 2 is 2.18 bits per heavy atom. The van der Waals surface area contributed by atoms with Crippen molar-refractivity contribution in [2.45, 2.75) is 13.8 Å². The Balaban J connectivity index is 2.62. The zero-order valence-corrected chi connectivity index (χ0v) is 9.57. The zero-order valence-electron chi connectivity index (χ0n) is 9.57. The van der Waals surface area contributed by atoms with Gasteiger partial charge in [0.25, 0.3) is 0 Å². The molecule has 2 rings (SSSR count). The number of aryl methyl sites for hydroxylation is 1. The molecule has 5 heteroatoms. The number of nitrogens with zero attached hydrogens (tertiary/aromatic N) is 2. The van der Waals surface area contributed by atoms with Crippen molar-refractivity contribution in [1.29, 1.82) is 0 Å². The lowest BCUT2D eigenvalue weighted by Crippen LogP contribution is -2.07. The van der Waals surface area contributed by atoms with Crippen LogP contribution in [0.25, 0.3) is 5.69 Å². The minimum Gasteiger partial charge on any atom is -0.383 e. The second kappa shape index (κ2) is 4.01. The van der Waals surface area contributed by atoms with Crippen molar-refractivity contribution >= 4 is 11.6 Å². The number of anilines is 1. The van der Waals surface area contributed by atoms with Gasteiger partial charge in [-0.1, -0.05) is 12.1 Å². The van der Waals surface area contributed by atoms with Gasteiger partial charge in [0, 0.05) is 0 Å². The maximum atomic E-state index is 13.9. The average Bonchev–Trinajstić information content (AvgIpc) is 2.64. The predicted molar refractivity (Wildman–Crippen MR) is 62.7 cm³/mol. The molecule has 17 heavy (non-hydrogen) atoms. The molecule has 0 spiro atoms. The van der Waals surface area contributed by atoms with Gasteiger partial charge in [0.05, 0.1) is 11.8 Å². The summed E-state index contributed by atoms with van der Waals surface area (Å²) in [5.41, 5.74) is 6.81. The number of Topliss-reactive ketones (excluding diaryl/α,β-unsaturated/α-hetero) is 1. The summed E-state index contributed by atoms with van der Waals surface area (Å²) in [7, 11) is 0. The SMILES string of the molecule is CC(=O)c1cnn(-c2cccc(C)c2F)c1N. The maximum absolute atomic E-state index is 13.9. The van der Waals surface area contributed by atoms with E-state index in [1.807, 2.05) is 0 Å². The van der Waals surface area contributed by atoms with E-state index in [9.17, 15) is 9.18 Å². The lowest BCUT2D eigenvalue weighted by molar-refractivity contribution is 0.101. The highest BCUT2D eigenvalue weighted by atomic mass is 19.1. The van der Waals surface area contributed by atoms with E-state index in [0.717, 1.165) is 0 Å². The molecule has 2 aromatic rings. The van der Waals surface area contributed by atoms with Crippen LogP contribution in [-0.4, -0.2) is 15.6 Å². The molecule has 88 valence electrons. The Bertz CT molecular complexity index is 589. The molecule has 0 radical (unpaired) electrons. The Hall–Kier alpha value is -2.17. The van der Waals surface area contributed by atoms with Crippen LogP contribution in [-0.2, 0) is 0 Å². The van der Waals surface area contributed by atoms with Gasteiger partial charge in [0.15, 0.2) is 11.6 Å². The van der Waals surface area contributed by atoms with Crippen molar-refractivity contribution in [3.63, 3.8) is 0 Å². The van der Waals surface area contributed by atoms with Crippen molar-refractivity contribution < 1.29 is 9.18 Å². The number of hydrogen-bond acceptors (Lipinski definition) is 3. The van der Waals surface area contributed by atoms with Crippen molar-refractivity contribution in [2.24, 2.45) is 0 Å². The quantitative estimate of drug-likeness (QED) is 0.808. The summed E-state index contributed by atoms with van der Waals surface area (Å²) < 4.78 is 15.1. The van der Waals surface area contributed by atoms with Crippen LogP contribution in [0.1, 0.15) is 22.8 Å². The fourth-order valence-corrected chi connectivity index (χ4v) is 1.62. The molecule has 0 saturated carbocycles. The van der Waals surface area contributed by atoms with E-state index in [1.54, 1.807) is 25.1 Å². The molecule has 4 nitrogen and oxygen atoms in total. The van der Waals surface area contributed by atoms with Gasteiger partial charge in [-0.25, -0.2) is 9.07 Å². The Kier molecular flexibility index (Phi) is 2.67. The number of nitrogen functional groups attached to an aromatic ring is 1. The molecule has 0 amide bonds. The summed E-state index contributed by atoms with van der Waals surface area (Å²) in [5, 5.41) is 3.94. The first-order valence-corrected chi connectivity index (χ1v) is 5.12. The number of benzene rings is 1. The van der Waals surface area contributed by atoms with Crippen LogP contribution in [0.3, 0.4) is 0 Å². The Morgan fingerprint density at radius 3 is 2.76 bits per heavy atom.